The Balaban J connectivity index is 2.40. The molecule has 2 rings (SSSR count). The molecule has 0 bridgehead atoms. The van der Waals surface area contributed by atoms with Gasteiger partial charge in [0.2, 0.25) is 0 Å². The van der Waals surface area contributed by atoms with Gasteiger partial charge in [-0.15, -0.1) is 10.2 Å². The molecule has 1 unspecified atom stereocenters. The zero-order valence-electron chi connectivity index (χ0n) is 9.96. The summed E-state index contributed by atoms with van der Waals surface area (Å²) in [5.41, 5.74) is 1.12. The summed E-state index contributed by atoms with van der Waals surface area (Å²) in [6.45, 7) is 6.61. The summed E-state index contributed by atoms with van der Waals surface area (Å²) < 4.78 is 2.14. The third-order valence-electron chi connectivity index (χ3n) is 3.01. The highest BCUT2D eigenvalue weighted by Gasteiger charge is 2.14. The lowest BCUT2D eigenvalue weighted by molar-refractivity contribution is 0.410. The largest absolute Gasteiger partial charge is 0.311 e. The molecule has 1 aromatic heterocycles. The van der Waals surface area contributed by atoms with Gasteiger partial charge in [-0.2, -0.15) is 0 Å². The molecule has 0 saturated carbocycles. The van der Waals surface area contributed by atoms with E-state index in [0.717, 1.165) is 11.4 Å². The van der Waals surface area contributed by atoms with Crippen molar-refractivity contribution < 1.29 is 0 Å². The quantitative estimate of drug-likeness (QED) is 0.787. The number of benzene rings is 1. The van der Waals surface area contributed by atoms with E-state index in [1.807, 2.05) is 24.5 Å². The zero-order chi connectivity index (χ0) is 11.5. The summed E-state index contributed by atoms with van der Waals surface area (Å²) in [4.78, 5) is 0. The number of aromatic nitrogens is 3. The smallest absolute Gasteiger partial charge is 0.163 e. The predicted molar refractivity (Wildman–Crippen MR) is 65.0 cm³/mol. The van der Waals surface area contributed by atoms with Crippen LogP contribution >= 0.6 is 0 Å². The molecule has 1 heterocycles. The normalized spacial score (nSPS) is 13.0. The fraction of sp³-hybridized carbons (Fsp3) is 0.385. The van der Waals surface area contributed by atoms with E-state index in [-0.39, 0.29) is 0 Å². The van der Waals surface area contributed by atoms with Crippen molar-refractivity contribution in [1.82, 2.24) is 14.8 Å². The Bertz CT molecular complexity index is 445. The summed E-state index contributed by atoms with van der Waals surface area (Å²) in [6.07, 6.45) is 1.81. The zero-order valence-corrected chi connectivity index (χ0v) is 9.96. The van der Waals surface area contributed by atoms with E-state index in [1.165, 1.54) is 0 Å². The van der Waals surface area contributed by atoms with E-state index in [9.17, 15) is 0 Å². The van der Waals surface area contributed by atoms with Gasteiger partial charge >= 0.3 is 0 Å². The van der Waals surface area contributed by atoms with Crippen molar-refractivity contribution in [3.8, 4) is 11.4 Å². The Morgan fingerprint density at radius 2 is 1.75 bits per heavy atom. The van der Waals surface area contributed by atoms with Crippen LogP contribution in [0.5, 0.6) is 0 Å². The Morgan fingerprint density at radius 1 is 1.06 bits per heavy atom. The summed E-state index contributed by atoms with van der Waals surface area (Å²) in [6, 6.07) is 10.6. The van der Waals surface area contributed by atoms with Gasteiger partial charge < -0.3 is 4.57 Å². The van der Waals surface area contributed by atoms with E-state index in [2.05, 4.69) is 47.7 Å². The van der Waals surface area contributed by atoms with Crippen molar-refractivity contribution in [2.45, 2.75) is 26.8 Å². The Morgan fingerprint density at radius 3 is 2.38 bits per heavy atom. The molecule has 1 aromatic carbocycles. The minimum atomic E-state index is 0.408. The molecular weight excluding hydrogens is 198 g/mol. The van der Waals surface area contributed by atoms with Crippen LogP contribution in [0.25, 0.3) is 11.4 Å². The average Bonchev–Trinajstić information content (AvgIpc) is 2.77. The first-order valence-corrected chi connectivity index (χ1v) is 5.65. The van der Waals surface area contributed by atoms with Crippen LogP contribution in [0.15, 0.2) is 36.7 Å². The van der Waals surface area contributed by atoms with Gasteiger partial charge in [0.25, 0.3) is 0 Å². The van der Waals surface area contributed by atoms with E-state index in [1.54, 1.807) is 0 Å². The molecule has 2 aromatic rings. The highest BCUT2D eigenvalue weighted by molar-refractivity contribution is 5.54. The van der Waals surface area contributed by atoms with Gasteiger partial charge in [0.1, 0.15) is 6.33 Å². The van der Waals surface area contributed by atoms with Crippen molar-refractivity contribution >= 4 is 0 Å². The topological polar surface area (TPSA) is 30.7 Å². The lowest BCUT2D eigenvalue weighted by atomic mass is 10.1. The van der Waals surface area contributed by atoms with Gasteiger partial charge in [-0.1, -0.05) is 44.2 Å². The van der Waals surface area contributed by atoms with Gasteiger partial charge in [-0.3, -0.25) is 0 Å². The Kier molecular flexibility index (Phi) is 3.04. The summed E-state index contributed by atoms with van der Waals surface area (Å²) in [7, 11) is 0. The molecule has 16 heavy (non-hydrogen) atoms. The molecule has 0 fully saturated rings. The minimum Gasteiger partial charge on any atom is -0.311 e. The number of hydrogen-bond donors (Lipinski definition) is 0. The highest BCUT2D eigenvalue weighted by Crippen LogP contribution is 2.23. The molecule has 1 atom stereocenters. The molecule has 0 N–H and O–H groups in total. The molecule has 3 nitrogen and oxygen atoms in total. The number of hydrogen-bond acceptors (Lipinski definition) is 2. The van der Waals surface area contributed by atoms with E-state index >= 15 is 0 Å². The van der Waals surface area contributed by atoms with Crippen molar-refractivity contribution in [3.05, 3.63) is 36.7 Å². The van der Waals surface area contributed by atoms with Gasteiger partial charge in [0.05, 0.1) is 0 Å². The molecule has 0 amide bonds. The third-order valence-corrected chi connectivity index (χ3v) is 3.01. The molecule has 0 saturated heterocycles. The first-order valence-electron chi connectivity index (χ1n) is 5.65. The first kappa shape index (κ1) is 10.9. The van der Waals surface area contributed by atoms with Crippen LogP contribution < -0.4 is 0 Å². The van der Waals surface area contributed by atoms with Gasteiger partial charge in [-0.25, -0.2) is 0 Å². The standard InChI is InChI=1S/C13H17N3/c1-10(2)11(3)16-9-14-15-13(16)12-7-5-4-6-8-12/h4-11H,1-3H3. The van der Waals surface area contributed by atoms with Crippen molar-refractivity contribution in [1.29, 1.82) is 0 Å². The number of rotatable bonds is 3. The van der Waals surface area contributed by atoms with Crippen LogP contribution in [0, 0.1) is 5.92 Å². The predicted octanol–water partition coefficient (Wildman–Crippen LogP) is 3.16. The SMILES string of the molecule is CC(C)C(C)n1cnnc1-c1ccccc1. The maximum Gasteiger partial charge on any atom is 0.163 e. The third kappa shape index (κ3) is 1.98. The second-order valence-corrected chi connectivity index (χ2v) is 4.41. The maximum absolute atomic E-state index is 4.20. The van der Waals surface area contributed by atoms with Gasteiger partial charge in [-0.05, 0) is 12.8 Å². The molecule has 3 heteroatoms. The summed E-state index contributed by atoms with van der Waals surface area (Å²) in [5, 5.41) is 8.22. The molecule has 0 aliphatic heterocycles. The molecule has 0 aliphatic rings. The monoisotopic (exact) mass is 215 g/mol. The van der Waals surface area contributed by atoms with Crippen LogP contribution in [-0.4, -0.2) is 14.8 Å². The second-order valence-electron chi connectivity index (χ2n) is 4.41. The molecule has 84 valence electrons. The van der Waals surface area contributed by atoms with E-state index in [4.69, 9.17) is 0 Å². The van der Waals surface area contributed by atoms with E-state index < -0.39 is 0 Å². The maximum atomic E-state index is 4.20. The van der Waals surface area contributed by atoms with E-state index in [0.29, 0.717) is 12.0 Å². The van der Waals surface area contributed by atoms with Crippen molar-refractivity contribution in [2.75, 3.05) is 0 Å². The lowest BCUT2D eigenvalue weighted by Crippen LogP contribution is -2.11. The van der Waals surface area contributed by atoms with Crippen LogP contribution in [-0.2, 0) is 0 Å². The Labute approximate surface area is 96.1 Å². The fourth-order valence-electron chi connectivity index (χ4n) is 1.66. The molecule has 0 spiro atoms. The van der Waals surface area contributed by atoms with Crippen molar-refractivity contribution in [3.63, 3.8) is 0 Å². The average molecular weight is 215 g/mol. The Hall–Kier alpha value is -1.64. The van der Waals surface area contributed by atoms with Crippen LogP contribution in [0.4, 0.5) is 0 Å². The van der Waals surface area contributed by atoms with Crippen molar-refractivity contribution in [2.24, 2.45) is 5.92 Å². The van der Waals surface area contributed by atoms with Crippen LogP contribution in [0.2, 0.25) is 0 Å². The highest BCUT2D eigenvalue weighted by atomic mass is 15.3. The minimum absolute atomic E-state index is 0.408. The fourth-order valence-corrected chi connectivity index (χ4v) is 1.66. The molecule has 0 aliphatic carbocycles. The van der Waals surface area contributed by atoms with Crippen LogP contribution in [0.3, 0.4) is 0 Å². The first-order chi connectivity index (χ1) is 7.70. The number of nitrogens with zero attached hydrogens (tertiary/aromatic N) is 3. The molecule has 0 radical (unpaired) electrons. The van der Waals surface area contributed by atoms with Gasteiger partial charge in [0, 0.05) is 11.6 Å². The summed E-state index contributed by atoms with van der Waals surface area (Å²) >= 11 is 0. The second kappa shape index (κ2) is 4.47. The van der Waals surface area contributed by atoms with Gasteiger partial charge in [0.15, 0.2) is 5.82 Å². The molecular formula is C13H17N3. The lowest BCUT2D eigenvalue weighted by Gasteiger charge is -2.18. The summed E-state index contributed by atoms with van der Waals surface area (Å²) in [5.74, 6) is 1.51. The van der Waals surface area contributed by atoms with Crippen LogP contribution in [0.1, 0.15) is 26.8 Å².